The molecule has 0 rings (SSSR count). The van der Waals surface area contributed by atoms with Gasteiger partial charge < -0.3 is 0 Å². The third-order valence-electron chi connectivity index (χ3n) is 2.74. The topological polar surface area (TPSA) is 12.4 Å². The Hall–Kier alpha value is -1.11. The Bertz CT molecular complexity index is 248. The maximum Gasteiger partial charge on any atom is 0.0263 e. The smallest absolute Gasteiger partial charge is 0.0263 e. The molecule has 1 nitrogen and oxygen atoms in total. The van der Waals surface area contributed by atoms with Crippen LogP contribution in [0.3, 0.4) is 0 Å². The lowest BCUT2D eigenvalue weighted by atomic mass is 9.94. The van der Waals surface area contributed by atoms with E-state index in [4.69, 9.17) is 0 Å². The van der Waals surface area contributed by atoms with Gasteiger partial charge in [0.25, 0.3) is 0 Å². The van der Waals surface area contributed by atoms with Crippen LogP contribution in [-0.2, 0) is 0 Å². The first-order chi connectivity index (χ1) is 7.76. The van der Waals surface area contributed by atoms with Gasteiger partial charge in [-0.3, -0.25) is 4.99 Å². The van der Waals surface area contributed by atoms with E-state index in [2.05, 4.69) is 38.2 Å². The first-order valence-corrected chi connectivity index (χ1v) is 6.21. The molecule has 0 fully saturated rings. The number of hydrogen-bond donors (Lipinski definition) is 0. The molecule has 0 radical (unpaired) electrons. The van der Waals surface area contributed by atoms with Gasteiger partial charge in [-0.15, -0.1) is 0 Å². The van der Waals surface area contributed by atoms with E-state index in [9.17, 15) is 0 Å². The Morgan fingerprint density at radius 1 is 1.31 bits per heavy atom. The van der Waals surface area contributed by atoms with Gasteiger partial charge in [0.1, 0.15) is 0 Å². The molecule has 0 spiro atoms. The summed E-state index contributed by atoms with van der Waals surface area (Å²) in [5.41, 5.74) is 1.29. The van der Waals surface area contributed by atoms with Gasteiger partial charge in [0.05, 0.1) is 0 Å². The molecule has 0 aromatic heterocycles. The third kappa shape index (κ3) is 7.22. The van der Waals surface area contributed by atoms with Crippen molar-refractivity contribution in [1.29, 1.82) is 0 Å². The van der Waals surface area contributed by atoms with Gasteiger partial charge >= 0.3 is 0 Å². The Kier molecular flexibility index (Phi) is 9.69. The molecule has 0 saturated heterocycles. The molecule has 16 heavy (non-hydrogen) atoms. The van der Waals surface area contributed by atoms with Crippen LogP contribution < -0.4 is 0 Å². The Labute approximate surface area is 101 Å². The van der Waals surface area contributed by atoms with Crippen LogP contribution in [0.1, 0.15) is 46.0 Å². The SMILES string of the molecule is C=C/C=C(\C=C/N=C)C(C)CCCCCC. The predicted molar refractivity (Wildman–Crippen MR) is 74.9 cm³/mol. The molecule has 0 heterocycles. The molecule has 0 N–H and O–H groups in total. The largest absolute Gasteiger partial charge is 0.273 e. The lowest BCUT2D eigenvalue weighted by molar-refractivity contribution is 0.549. The summed E-state index contributed by atoms with van der Waals surface area (Å²) in [4.78, 5) is 3.74. The van der Waals surface area contributed by atoms with Crippen LogP contribution in [0.15, 0.2) is 41.6 Å². The minimum atomic E-state index is 0.577. The fourth-order valence-corrected chi connectivity index (χ4v) is 1.70. The van der Waals surface area contributed by atoms with Crippen LogP contribution in [0.4, 0.5) is 0 Å². The van der Waals surface area contributed by atoms with Crippen LogP contribution >= 0.6 is 0 Å². The zero-order valence-corrected chi connectivity index (χ0v) is 10.8. The molecule has 0 aromatic rings. The van der Waals surface area contributed by atoms with Crippen molar-refractivity contribution in [3.63, 3.8) is 0 Å². The van der Waals surface area contributed by atoms with E-state index in [-0.39, 0.29) is 0 Å². The molecule has 1 unspecified atom stereocenters. The van der Waals surface area contributed by atoms with Gasteiger partial charge in [0.15, 0.2) is 0 Å². The molecular weight excluding hydrogens is 194 g/mol. The number of nitrogens with zero attached hydrogens (tertiary/aromatic N) is 1. The molecule has 0 aliphatic rings. The fourth-order valence-electron chi connectivity index (χ4n) is 1.70. The normalized spacial score (nSPS) is 14.0. The van der Waals surface area contributed by atoms with Crippen molar-refractivity contribution in [2.75, 3.05) is 0 Å². The van der Waals surface area contributed by atoms with E-state index < -0.39 is 0 Å². The second-order valence-electron chi connectivity index (χ2n) is 4.15. The Balaban J connectivity index is 4.12. The molecule has 0 bridgehead atoms. The van der Waals surface area contributed by atoms with E-state index in [0.29, 0.717) is 5.92 Å². The molecule has 0 aliphatic carbocycles. The quantitative estimate of drug-likeness (QED) is 0.296. The standard InChI is InChI=1S/C15H25N/c1-5-7-8-9-11-14(3)15(10-6-2)12-13-16-4/h6,10,12-14H,2,4-5,7-9,11H2,1,3H3/b13-12-,15-10+. The average molecular weight is 219 g/mol. The molecule has 1 atom stereocenters. The van der Waals surface area contributed by atoms with Gasteiger partial charge in [-0.1, -0.05) is 58.3 Å². The monoisotopic (exact) mass is 219 g/mol. The highest BCUT2D eigenvalue weighted by molar-refractivity contribution is 5.29. The maximum absolute atomic E-state index is 3.74. The van der Waals surface area contributed by atoms with Crippen molar-refractivity contribution in [2.45, 2.75) is 46.0 Å². The van der Waals surface area contributed by atoms with Crippen molar-refractivity contribution in [3.8, 4) is 0 Å². The summed E-state index contributed by atoms with van der Waals surface area (Å²) in [6, 6.07) is 0. The summed E-state index contributed by atoms with van der Waals surface area (Å²) in [6.45, 7) is 11.7. The highest BCUT2D eigenvalue weighted by Crippen LogP contribution is 2.19. The van der Waals surface area contributed by atoms with Crippen LogP contribution in [0, 0.1) is 5.92 Å². The average Bonchev–Trinajstić information content (AvgIpc) is 2.29. The van der Waals surface area contributed by atoms with Gasteiger partial charge in [-0.05, 0) is 30.7 Å². The molecule has 0 saturated carbocycles. The van der Waals surface area contributed by atoms with Crippen molar-refractivity contribution < 1.29 is 0 Å². The lowest BCUT2D eigenvalue weighted by Gasteiger charge is -2.12. The first kappa shape index (κ1) is 14.9. The summed E-state index contributed by atoms with van der Waals surface area (Å²) >= 11 is 0. The van der Waals surface area contributed by atoms with Crippen LogP contribution in [-0.4, -0.2) is 6.72 Å². The zero-order valence-electron chi connectivity index (χ0n) is 10.8. The van der Waals surface area contributed by atoms with Gasteiger partial charge in [0, 0.05) is 6.20 Å². The first-order valence-electron chi connectivity index (χ1n) is 6.21. The molecule has 0 aliphatic heterocycles. The number of unbranched alkanes of at least 4 members (excludes halogenated alkanes) is 3. The van der Waals surface area contributed by atoms with E-state index in [1.807, 2.05) is 12.2 Å². The molecule has 0 aromatic carbocycles. The minimum Gasteiger partial charge on any atom is -0.273 e. The van der Waals surface area contributed by atoms with Gasteiger partial charge in [-0.2, -0.15) is 0 Å². The zero-order chi connectivity index (χ0) is 12.2. The fraction of sp³-hybridized carbons (Fsp3) is 0.533. The highest BCUT2D eigenvalue weighted by Gasteiger charge is 2.04. The number of hydrogen-bond acceptors (Lipinski definition) is 1. The molecule has 1 heteroatoms. The van der Waals surface area contributed by atoms with Crippen molar-refractivity contribution in [3.05, 3.63) is 36.6 Å². The van der Waals surface area contributed by atoms with Crippen LogP contribution in [0.25, 0.3) is 0 Å². The Morgan fingerprint density at radius 2 is 2.06 bits per heavy atom. The second kappa shape index (κ2) is 10.4. The molecule has 90 valence electrons. The van der Waals surface area contributed by atoms with E-state index in [1.54, 1.807) is 6.20 Å². The molecular formula is C15H25N. The Morgan fingerprint density at radius 3 is 2.62 bits per heavy atom. The summed E-state index contributed by atoms with van der Waals surface area (Å²) in [6.07, 6.45) is 14.2. The van der Waals surface area contributed by atoms with E-state index in [0.717, 1.165) is 0 Å². The summed E-state index contributed by atoms with van der Waals surface area (Å²) < 4.78 is 0. The summed E-state index contributed by atoms with van der Waals surface area (Å²) in [5, 5.41) is 0. The minimum absolute atomic E-state index is 0.577. The van der Waals surface area contributed by atoms with Crippen molar-refractivity contribution in [2.24, 2.45) is 10.9 Å². The summed E-state index contributed by atoms with van der Waals surface area (Å²) in [5.74, 6) is 0.577. The second-order valence-corrected chi connectivity index (χ2v) is 4.15. The van der Waals surface area contributed by atoms with Crippen LogP contribution in [0.2, 0.25) is 0 Å². The number of rotatable bonds is 9. The third-order valence-corrected chi connectivity index (χ3v) is 2.74. The van der Waals surface area contributed by atoms with Gasteiger partial charge in [0.2, 0.25) is 0 Å². The van der Waals surface area contributed by atoms with Crippen LogP contribution in [0.5, 0.6) is 0 Å². The van der Waals surface area contributed by atoms with Gasteiger partial charge in [-0.25, -0.2) is 0 Å². The lowest BCUT2D eigenvalue weighted by Crippen LogP contribution is -1.97. The maximum atomic E-state index is 3.74. The van der Waals surface area contributed by atoms with E-state index in [1.165, 1.54) is 37.7 Å². The van der Waals surface area contributed by atoms with E-state index >= 15 is 0 Å². The predicted octanol–water partition coefficient (Wildman–Crippen LogP) is 4.92. The highest BCUT2D eigenvalue weighted by atomic mass is 14.6. The number of aliphatic imine (C=N–C) groups is 1. The molecule has 0 amide bonds. The number of allylic oxidation sites excluding steroid dienone is 4. The van der Waals surface area contributed by atoms with Crippen molar-refractivity contribution >= 4 is 6.72 Å². The summed E-state index contributed by atoms with van der Waals surface area (Å²) in [7, 11) is 0. The van der Waals surface area contributed by atoms with Crippen molar-refractivity contribution in [1.82, 2.24) is 0 Å².